The molecule has 0 unspecified atom stereocenters. The maximum Gasteiger partial charge on any atom is 0.127 e. The van der Waals surface area contributed by atoms with Crippen molar-refractivity contribution in [2.75, 3.05) is 11.5 Å². The average Bonchev–Trinajstić information content (AvgIpc) is 2.17. The third kappa shape index (κ3) is 1.27. The smallest absolute Gasteiger partial charge is 0.127 e. The lowest BCUT2D eigenvalue weighted by atomic mass is 10.1. The summed E-state index contributed by atoms with van der Waals surface area (Å²) in [5, 5.41) is 0.985. The van der Waals surface area contributed by atoms with Crippen molar-refractivity contribution < 1.29 is 0 Å². The first kappa shape index (κ1) is 8.81. The number of fused-ring (bicyclic) bond motifs is 1. The van der Waals surface area contributed by atoms with Crippen LogP contribution in [0.4, 0.5) is 11.5 Å². The predicted octanol–water partition coefficient (Wildman–Crippen LogP) is 1.96. The zero-order valence-corrected chi connectivity index (χ0v) is 8.12. The average molecular weight is 187 g/mol. The third-order valence-electron chi connectivity index (χ3n) is 2.39. The van der Waals surface area contributed by atoms with Crippen LogP contribution in [0.25, 0.3) is 10.9 Å². The second-order valence-corrected chi connectivity index (χ2v) is 3.30. The number of nitrogens with two attached hydrogens (primary N) is 2. The topological polar surface area (TPSA) is 64.9 Å². The Morgan fingerprint density at radius 3 is 2.79 bits per heavy atom. The minimum absolute atomic E-state index is 0.602. The van der Waals surface area contributed by atoms with Gasteiger partial charge in [0.15, 0.2) is 0 Å². The van der Waals surface area contributed by atoms with Crippen molar-refractivity contribution in [3.05, 3.63) is 29.8 Å². The van der Waals surface area contributed by atoms with E-state index >= 15 is 0 Å². The van der Waals surface area contributed by atoms with Gasteiger partial charge in [-0.3, -0.25) is 0 Å². The van der Waals surface area contributed by atoms with Crippen molar-refractivity contribution in [2.24, 2.45) is 0 Å². The molecule has 0 spiro atoms. The second-order valence-electron chi connectivity index (χ2n) is 3.30. The van der Waals surface area contributed by atoms with Crippen LogP contribution < -0.4 is 11.5 Å². The van der Waals surface area contributed by atoms with E-state index in [1.54, 1.807) is 0 Å². The minimum atomic E-state index is 0.602. The monoisotopic (exact) mass is 187 g/mol. The first-order valence-corrected chi connectivity index (χ1v) is 4.66. The van der Waals surface area contributed by atoms with E-state index in [0.29, 0.717) is 5.82 Å². The molecule has 0 saturated heterocycles. The number of pyridine rings is 1. The molecule has 2 rings (SSSR count). The molecule has 0 aliphatic rings. The quantitative estimate of drug-likeness (QED) is 0.671. The van der Waals surface area contributed by atoms with Gasteiger partial charge in [0.25, 0.3) is 0 Å². The molecule has 0 atom stereocenters. The lowest BCUT2D eigenvalue weighted by Gasteiger charge is -2.06. The summed E-state index contributed by atoms with van der Waals surface area (Å²) < 4.78 is 0. The van der Waals surface area contributed by atoms with Crippen LogP contribution >= 0.6 is 0 Å². The first-order chi connectivity index (χ1) is 6.72. The molecule has 0 fully saturated rings. The van der Waals surface area contributed by atoms with Crippen LogP contribution in [0.3, 0.4) is 0 Å². The van der Waals surface area contributed by atoms with Crippen LogP contribution in [0.2, 0.25) is 0 Å². The molecule has 1 heterocycles. The number of nitrogen functional groups attached to an aromatic ring is 2. The lowest BCUT2D eigenvalue weighted by molar-refractivity contribution is 1.13. The van der Waals surface area contributed by atoms with Crippen LogP contribution in [0.1, 0.15) is 12.5 Å². The Labute approximate surface area is 82.7 Å². The molecule has 0 aliphatic heterocycles. The Kier molecular flexibility index (Phi) is 2.00. The number of aromatic nitrogens is 1. The number of benzene rings is 1. The van der Waals surface area contributed by atoms with E-state index in [2.05, 4.69) is 11.9 Å². The van der Waals surface area contributed by atoms with Crippen molar-refractivity contribution in [2.45, 2.75) is 13.3 Å². The fraction of sp³-hybridized carbons (Fsp3) is 0.182. The zero-order chi connectivity index (χ0) is 10.1. The van der Waals surface area contributed by atoms with E-state index in [4.69, 9.17) is 11.5 Å². The third-order valence-corrected chi connectivity index (χ3v) is 2.39. The molecular weight excluding hydrogens is 174 g/mol. The fourth-order valence-electron chi connectivity index (χ4n) is 1.56. The summed E-state index contributed by atoms with van der Waals surface area (Å²) >= 11 is 0. The Bertz CT molecular complexity index is 477. The van der Waals surface area contributed by atoms with Crippen molar-refractivity contribution in [1.29, 1.82) is 0 Å². The molecule has 0 aliphatic carbocycles. The molecule has 14 heavy (non-hydrogen) atoms. The number of anilines is 2. The van der Waals surface area contributed by atoms with Gasteiger partial charge in [-0.1, -0.05) is 13.0 Å². The molecule has 0 saturated carbocycles. The van der Waals surface area contributed by atoms with E-state index in [-0.39, 0.29) is 0 Å². The lowest BCUT2D eigenvalue weighted by Crippen LogP contribution is -1.98. The molecule has 72 valence electrons. The SMILES string of the molecule is CCc1cc2c(N)cccc2nc1N. The molecular formula is C11H13N3. The molecule has 4 N–H and O–H groups in total. The Morgan fingerprint density at radius 2 is 2.07 bits per heavy atom. The maximum atomic E-state index is 5.85. The highest BCUT2D eigenvalue weighted by Crippen LogP contribution is 2.23. The van der Waals surface area contributed by atoms with Crippen molar-refractivity contribution in [3.8, 4) is 0 Å². The number of aryl methyl sites for hydroxylation is 1. The highest BCUT2D eigenvalue weighted by molar-refractivity contribution is 5.91. The summed E-state index contributed by atoms with van der Waals surface area (Å²) in [5.74, 6) is 0.602. The van der Waals surface area contributed by atoms with Gasteiger partial charge in [-0.25, -0.2) is 4.98 Å². The highest BCUT2D eigenvalue weighted by Gasteiger charge is 2.03. The van der Waals surface area contributed by atoms with Crippen LogP contribution in [0.15, 0.2) is 24.3 Å². The first-order valence-electron chi connectivity index (χ1n) is 4.66. The van der Waals surface area contributed by atoms with Gasteiger partial charge in [-0.2, -0.15) is 0 Å². The summed E-state index contributed by atoms with van der Waals surface area (Å²) in [5.41, 5.74) is 14.3. The maximum absolute atomic E-state index is 5.85. The highest BCUT2D eigenvalue weighted by atomic mass is 14.8. The summed E-state index contributed by atoms with van der Waals surface area (Å²) in [6.07, 6.45) is 0.878. The number of nitrogens with zero attached hydrogens (tertiary/aromatic N) is 1. The number of hydrogen-bond acceptors (Lipinski definition) is 3. The van der Waals surface area contributed by atoms with E-state index < -0.39 is 0 Å². The summed E-state index contributed by atoms with van der Waals surface area (Å²) in [4.78, 5) is 4.31. The van der Waals surface area contributed by atoms with E-state index in [0.717, 1.165) is 28.6 Å². The summed E-state index contributed by atoms with van der Waals surface area (Å²) in [7, 11) is 0. The second kappa shape index (κ2) is 3.18. The van der Waals surface area contributed by atoms with Gasteiger partial charge in [0.2, 0.25) is 0 Å². The normalized spacial score (nSPS) is 10.6. The molecule has 3 heteroatoms. The van der Waals surface area contributed by atoms with E-state index in [1.807, 2.05) is 24.3 Å². The van der Waals surface area contributed by atoms with Crippen molar-refractivity contribution in [3.63, 3.8) is 0 Å². The fourth-order valence-corrected chi connectivity index (χ4v) is 1.56. The Hall–Kier alpha value is -1.77. The largest absolute Gasteiger partial charge is 0.398 e. The molecule has 0 radical (unpaired) electrons. The van der Waals surface area contributed by atoms with Crippen molar-refractivity contribution in [1.82, 2.24) is 4.98 Å². The molecule has 1 aromatic heterocycles. The molecule has 0 amide bonds. The van der Waals surface area contributed by atoms with Gasteiger partial charge in [0, 0.05) is 11.1 Å². The van der Waals surface area contributed by atoms with Crippen LogP contribution in [0.5, 0.6) is 0 Å². The van der Waals surface area contributed by atoms with Crippen LogP contribution in [-0.2, 0) is 6.42 Å². The van der Waals surface area contributed by atoms with E-state index in [1.165, 1.54) is 0 Å². The number of hydrogen-bond donors (Lipinski definition) is 2. The summed E-state index contributed by atoms with van der Waals surface area (Å²) in [6.45, 7) is 2.05. The molecule has 2 aromatic rings. The van der Waals surface area contributed by atoms with Gasteiger partial charge >= 0.3 is 0 Å². The van der Waals surface area contributed by atoms with Gasteiger partial charge in [-0.05, 0) is 30.2 Å². The predicted molar refractivity (Wildman–Crippen MR) is 59.9 cm³/mol. The van der Waals surface area contributed by atoms with Gasteiger partial charge < -0.3 is 11.5 Å². The molecule has 1 aromatic carbocycles. The van der Waals surface area contributed by atoms with Crippen LogP contribution in [0, 0.1) is 0 Å². The minimum Gasteiger partial charge on any atom is -0.398 e. The molecule has 0 bridgehead atoms. The van der Waals surface area contributed by atoms with E-state index in [9.17, 15) is 0 Å². The van der Waals surface area contributed by atoms with Gasteiger partial charge in [-0.15, -0.1) is 0 Å². The standard InChI is InChI=1S/C11H13N3/c1-2-7-6-8-9(12)4-3-5-10(8)14-11(7)13/h3-6H,2,12H2,1H3,(H2,13,14). The Morgan fingerprint density at radius 1 is 1.29 bits per heavy atom. The van der Waals surface area contributed by atoms with Gasteiger partial charge in [0.1, 0.15) is 5.82 Å². The molecule has 3 nitrogen and oxygen atoms in total. The van der Waals surface area contributed by atoms with Gasteiger partial charge in [0.05, 0.1) is 5.52 Å². The summed E-state index contributed by atoms with van der Waals surface area (Å²) in [6, 6.07) is 7.70. The van der Waals surface area contributed by atoms with Crippen molar-refractivity contribution >= 4 is 22.4 Å². The van der Waals surface area contributed by atoms with Crippen LogP contribution in [-0.4, -0.2) is 4.98 Å². The number of rotatable bonds is 1. The Balaban J connectivity index is 2.80. The zero-order valence-electron chi connectivity index (χ0n) is 8.12.